The van der Waals surface area contributed by atoms with Crippen LogP contribution in [0.1, 0.15) is 0 Å². The number of hydrogen-bond donors (Lipinski definition) is 1. The van der Waals surface area contributed by atoms with Crippen LogP contribution in [-0.4, -0.2) is 10.8 Å². The van der Waals surface area contributed by atoms with Crippen LogP contribution in [0.15, 0.2) is 0 Å². The minimum absolute atomic E-state index is 0.715. The zero-order chi connectivity index (χ0) is 7.21. The average molecular weight is 166 g/mol. The lowest BCUT2D eigenvalue weighted by molar-refractivity contribution is -0.0341. The van der Waals surface area contributed by atoms with Gasteiger partial charge in [-0.15, -0.1) is 0 Å². The minimum Gasteiger partial charge on any atom is -0.310 e. The van der Waals surface area contributed by atoms with Crippen molar-refractivity contribution in [2.24, 2.45) is 0 Å². The van der Waals surface area contributed by atoms with Gasteiger partial charge in [0.2, 0.25) is 0 Å². The maximum absolute atomic E-state index is 10.3. The molecule has 0 aromatic rings. The van der Waals surface area contributed by atoms with E-state index in [2.05, 4.69) is 0 Å². The highest BCUT2D eigenvalue weighted by Gasteiger charge is 2.15. The van der Waals surface area contributed by atoms with E-state index in [1.54, 1.807) is 0 Å². The molecule has 0 fully saturated rings. The number of halogens is 3. The maximum atomic E-state index is 10.3. The highest BCUT2D eigenvalue weighted by atomic mass is 31.1. The van der Waals surface area contributed by atoms with E-state index in [4.69, 9.17) is 9.46 Å². The van der Waals surface area contributed by atoms with Crippen molar-refractivity contribution >= 4 is 17.9 Å². The highest BCUT2D eigenvalue weighted by Crippen LogP contribution is 2.21. The van der Waals surface area contributed by atoms with E-state index in [1.807, 2.05) is 0 Å². The van der Waals surface area contributed by atoms with Crippen molar-refractivity contribution in [2.45, 2.75) is 5.92 Å². The summed E-state index contributed by atoms with van der Waals surface area (Å²) in [5.41, 5.74) is 0. The van der Waals surface area contributed by atoms with Gasteiger partial charge >= 0.3 is 14.6 Å². The molecule has 0 bridgehead atoms. The smallest absolute Gasteiger partial charge is 0.310 e. The molecule has 0 heterocycles. The molecule has 0 radical (unpaired) electrons. The summed E-state index contributed by atoms with van der Waals surface area (Å²) < 4.78 is 39.4. The Hall–Kier alpha value is 0.280. The Morgan fingerprint density at radius 1 is 1.50 bits per heavy atom. The Labute approximate surface area is 47.6 Å². The van der Waals surface area contributed by atoms with Gasteiger partial charge in [0.1, 0.15) is 0 Å². The number of alkyl halides is 3. The lowest BCUT2D eigenvalue weighted by Crippen LogP contribution is -1.88. The van der Waals surface area contributed by atoms with Gasteiger partial charge in [-0.1, -0.05) is 0 Å². The summed E-state index contributed by atoms with van der Waals surface area (Å²) in [6.45, 7) is 0. The number of hydrogen-bond acceptors (Lipinski definition) is 1. The van der Waals surface area contributed by atoms with Crippen molar-refractivity contribution in [3.63, 3.8) is 0 Å². The maximum Gasteiger partial charge on any atom is 0.399 e. The van der Waals surface area contributed by atoms with E-state index in [0.717, 1.165) is 0 Å². The van der Waals surface area contributed by atoms with Gasteiger partial charge in [-0.05, 0) is 9.24 Å². The molecule has 0 amide bonds. The zero-order valence-electron chi connectivity index (χ0n) is 3.51. The van der Waals surface area contributed by atoms with Crippen LogP contribution in [0, 0.1) is 0 Å². The Bertz CT molecular complexity index is 54.8. The van der Waals surface area contributed by atoms with Gasteiger partial charge < -0.3 is 4.89 Å². The predicted molar refractivity (Wildman–Crippen MR) is 25.6 cm³/mol. The van der Waals surface area contributed by atoms with Gasteiger partial charge in [0.15, 0.2) is 0 Å². The first-order valence-corrected chi connectivity index (χ1v) is 2.58. The molecular formula is CH3F3O2P2. The van der Waals surface area contributed by atoms with Crippen LogP contribution in [0.3, 0.4) is 0 Å². The molecule has 0 saturated heterocycles. The molecule has 0 aliphatic rings. The topological polar surface area (TPSA) is 37.3 Å². The second-order valence-corrected chi connectivity index (χ2v) is 1.44. The van der Waals surface area contributed by atoms with Crippen LogP contribution in [0.4, 0.5) is 13.2 Å². The van der Waals surface area contributed by atoms with Crippen LogP contribution in [-0.2, 0) is 4.57 Å². The molecule has 50 valence electrons. The van der Waals surface area contributed by atoms with Crippen molar-refractivity contribution in [3.05, 3.63) is 0 Å². The first kappa shape index (κ1) is 11.1. The van der Waals surface area contributed by atoms with Crippen LogP contribution in [0.5, 0.6) is 0 Å². The summed E-state index contributed by atoms with van der Waals surface area (Å²) in [5, 5.41) is 0. The summed E-state index contributed by atoms with van der Waals surface area (Å²) in [6.07, 6.45) is 0. The van der Waals surface area contributed by atoms with E-state index in [1.165, 1.54) is 0 Å². The summed E-state index contributed by atoms with van der Waals surface area (Å²) in [7, 11) is -0.118. The SMILES string of the molecule is FC(F)(F)P.O=PO. The molecule has 0 aliphatic carbocycles. The third kappa shape index (κ3) is 2230. The highest BCUT2D eigenvalue weighted by molar-refractivity contribution is 7.17. The van der Waals surface area contributed by atoms with Crippen LogP contribution >= 0.6 is 17.9 Å². The lowest BCUT2D eigenvalue weighted by Gasteiger charge is -1.88. The van der Waals surface area contributed by atoms with E-state index in [9.17, 15) is 13.2 Å². The quantitative estimate of drug-likeness (QED) is 0.554. The molecule has 2 nitrogen and oxygen atoms in total. The van der Waals surface area contributed by atoms with E-state index >= 15 is 0 Å². The molecule has 0 aromatic carbocycles. The largest absolute Gasteiger partial charge is 0.399 e. The molecule has 1 N–H and O–H groups in total. The first-order valence-electron chi connectivity index (χ1n) is 1.24. The van der Waals surface area contributed by atoms with Crippen molar-refractivity contribution in [3.8, 4) is 0 Å². The van der Waals surface area contributed by atoms with Crippen molar-refractivity contribution in [2.75, 3.05) is 0 Å². The third-order valence-electron chi connectivity index (χ3n) is 0. The van der Waals surface area contributed by atoms with Gasteiger partial charge in [0.25, 0.3) is 0 Å². The summed E-state index contributed by atoms with van der Waals surface area (Å²) >= 11 is 0. The first-order chi connectivity index (χ1) is 3.41. The Balaban J connectivity index is 0. The monoisotopic (exact) mass is 166 g/mol. The summed E-state index contributed by atoms with van der Waals surface area (Å²) in [5.74, 6) is -4.08. The summed E-state index contributed by atoms with van der Waals surface area (Å²) in [6, 6.07) is 0. The van der Waals surface area contributed by atoms with Gasteiger partial charge in [0, 0.05) is 0 Å². The summed E-state index contributed by atoms with van der Waals surface area (Å²) in [4.78, 5) is 6.99. The Morgan fingerprint density at radius 3 is 1.50 bits per heavy atom. The fourth-order valence-electron chi connectivity index (χ4n) is 0. The average Bonchev–Trinajstić information content (AvgIpc) is 1.27. The van der Waals surface area contributed by atoms with Gasteiger partial charge in [-0.25, -0.2) is 4.57 Å². The molecule has 0 aliphatic heterocycles. The van der Waals surface area contributed by atoms with E-state index < -0.39 is 14.6 Å². The second-order valence-electron chi connectivity index (χ2n) is 0.623. The van der Waals surface area contributed by atoms with Gasteiger partial charge in [-0.2, -0.15) is 13.2 Å². The molecule has 7 heteroatoms. The standard InChI is InChI=1S/CH2F3P.HO2P/c2-1(3,4)5;1-3-2/h5H2;(H,1,2). The molecule has 1 unspecified atom stereocenters. The minimum atomic E-state index is -4.08. The molecule has 0 aromatic heterocycles. The van der Waals surface area contributed by atoms with Crippen molar-refractivity contribution in [1.29, 1.82) is 0 Å². The molecule has 1 atom stereocenters. The predicted octanol–water partition coefficient (Wildman–Crippen LogP) is 1.57. The Morgan fingerprint density at radius 2 is 1.50 bits per heavy atom. The number of rotatable bonds is 0. The van der Waals surface area contributed by atoms with E-state index in [0.29, 0.717) is 9.24 Å². The molecule has 0 spiro atoms. The fourth-order valence-corrected chi connectivity index (χ4v) is 0. The zero-order valence-corrected chi connectivity index (χ0v) is 5.56. The molecule has 8 heavy (non-hydrogen) atoms. The fraction of sp³-hybridized carbons (Fsp3) is 1.00. The van der Waals surface area contributed by atoms with Crippen molar-refractivity contribution in [1.82, 2.24) is 0 Å². The van der Waals surface area contributed by atoms with Crippen LogP contribution in [0.25, 0.3) is 0 Å². The van der Waals surface area contributed by atoms with E-state index in [-0.39, 0.29) is 0 Å². The second kappa shape index (κ2) is 5.42. The normalized spacial score (nSPS) is 10.1. The Kier molecular flexibility index (Phi) is 7.53. The molecular weight excluding hydrogens is 163 g/mol. The van der Waals surface area contributed by atoms with Crippen LogP contribution in [0.2, 0.25) is 0 Å². The third-order valence-corrected chi connectivity index (χ3v) is 0. The van der Waals surface area contributed by atoms with Crippen molar-refractivity contribution < 1.29 is 22.6 Å². The van der Waals surface area contributed by atoms with Crippen LogP contribution < -0.4 is 0 Å². The van der Waals surface area contributed by atoms with Gasteiger partial charge in [-0.3, -0.25) is 0 Å². The molecule has 0 rings (SSSR count). The lowest BCUT2D eigenvalue weighted by atomic mass is 11.6. The van der Waals surface area contributed by atoms with Gasteiger partial charge in [0.05, 0.1) is 0 Å². The molecule has 0 saturated carbocycles.